The highest BCUT2D eigenvalue weighted by molar-refractivity contribution is 5.50. The molecule has 0 saturated carbocycles. The average molecular weight is 186 g/mol. The molecule has 74 valence electrons. The molecule has 0 aliphatic heterocycles. The van der Waals surface area contributed by atoms with Gasteiger partial charge in [-0.3, -0.25) is 0 Å². The molecule has 0 fully saturated rings. The maximum atomic E-state index is 4.01. The topological polar surface area (TPSA) is 0 Å². The van der Waals surface area contributed by atoms with Crippen molar-refractivity contribution in [2.24, 2.45) is 0 Å². The molecule has 0 nitrogen and oxygen atoms in total. The van der Waals surface area contributed by atoms with Crippen molar-refractivity contribution in [3.05, 3.63) is 72.9 Å². The minimum atomic E-state index is 0.984. The lowest BCUT2D eigenvalue weighted by molar-refractivity contribution is 1.39. The zero-order chi connectivity index (χ0) is 11.0. The van der Waals surface area contributed by atoms with Crippen LogP contribution in [0.3, 0.4) is 0 Å². The number of hydrogen-bond acceptors (Lipinski definition) is 0. The predicted octanol–water partition coefficient (Wildman–Crippen LogP) is 4.36. The van der Waals surface area contributed by atoms with Crippen LogP contribution in [-0.2, 0) is 0 Å². The fraction of sp³-hybridized carbons (Fsp3) is 0.143. The normalized spacial score (nSPS) is 13.0. The van der Waals surface area contributed by atoms with Gasteiger partial charge in [-0.25, -0.2) is 0 Å². The standard InChI is InChI=1S/C14H18/c1-6-9-11-14(8-3)13(5)12(4)10-7-2/h6-11H,2-3,5H2,1,4H3/b9-6-,12-10-,14-11+. The first-order chi connectivity index (χ1) is 6.67. The molecule has 0 bridgehead atoms. The summed E-state index contributed by atoms with van der Waals surface area (Å²) in [7, 11) is 0. The van der Waals surface area contributed by atoms with Gasteiger partial charge in [0.1, 0.15) is 0 Å². The van der Waals surface area contributed by atoms with Crippen molar-refractivity contribution in [3.63, 3.8) is 0 Å². The zero-order valence-corrected chi connectivity index (χ0v) is 9.09. The Balaban J connectivity index is 4.88. The quantitative estimate of drug-likeness (QED) is 0.559. The van der Waals surface area contributed by atoms with Gasteiger partial charge in [0.2, 0.25) is 0 Å². The lowest BCUT2D eigenvalue weighted by Gasteiger charge is -2.05. The highest BCUT2D eigenvalue weighted by atomic mass is 14.0. The summed E-state index contributed by atoms with van der Waals surface area (Å²) in [6, 6.07) is 0. The second-order valence-corrected chi connectivity index (χ2v) is 2.92. The zero-order valence-electron chi connectivity index (χ0n) is 9.09. The van der Waals surface area contributed by atoms with E-state index in [1.807, 2.05) is 44.2 Å². The number of allylic oxidation sites excluding steroid dienone is 9. The van der Waals surface area contributed by atoms with Gasteiger partial charge in [-0.05, 0) is 30.6 Å². The van der Waals surface area contributed by atoms with Crippen LogP contribution in [0.15, 0.2) is 72.9 Å². The van der Waals surface area contributed by atoms with Gasteiger partial charge < -0.3 is 0 Å². The van der Waals surface area contributed by atoms with Crippen LogP contribution in [0.1, 0.15) is 13.8 Å². The van der Waals surface area contributed by atoms with E-state index in [4.69, 9.17) is 0 Å². The van der Waals surface area contributed by atoms with Gasteiger partial charge in [-0.2, -0.15) is 0 Å². The highest BCUT2D eigenvalue weighted by Crippen LogP contribution is 2.17. The van der Waals surface area contributed by atoms with Crippen molar-refractivity contribution < 1.29 is 0 Å². The minimum absolute atomic E-state index is 0.984. The summed E-state index contributed by atoms with van der Waals surface area (Å²) in [4.78, 5) is 0. The number of hydrogen-bond donors (Lipinski definition) is 0. The summed E-state index contributed by atoms with van der Waals surface area (Å²) in [5.74, 6) is 0. The van der Waals surface area contributed by atoms with Crippen LogP contribution < -0.4 is 0 Å². The van der Waals surface area contributed by atoms with E-state index in [0.29, 0.717) is 0 Å². The maximum Gasteiger partial charge on any atom is -0.0193 e. The molecule has 0 radical (unpaired) electrons. The van der Waals surface area contributed by atoms with Gasteiger partial charge in [0.25, 0.3) is 0 Å². The van der Waals surface area contributed by atoms with E-state index < -0.39 is 0 Å². The van der Waals surface area contributed by atoms with Crippen LogP contribution in [0.2, 0.25) is 0 Å². The van der Waals surface area contributed by atoms with Crippen molar-refractivity contribution in [1.82, 2.24) is 0 Å². The van der Waals surface area contributed by atoms with Crippen LogP contribution in [0.4, 0.5) is 0 Å². The second-order valence-electron chi connectivity index (χ2n) is 2.92. The summed E-state index contributed by atoms with van der Waals surface area (Å²) in [6.07, 6.45) is 11.5. The fourth-order valence-corrected chi connectivity index (χ4v) is 0.997. The second kappa shape index (κ2) is 6.90. The third-order valence-corrected chi connectivity index (χ3v) is 1.88. The molecule has 0 aliphatic rings. The first-order valence-electron chi connectivity index (χ1n) is 4.61. The van der Waals surface area contributed by atoms with Crippen molar-refractivity contribution in [3.8, 4) is 0 Å². The highest BCUT2D eigenvalue weighted by Gasteiger charge is 1.98. The third-order valence-electron chi connectivity index (χ3n) is 1.88. The SMILES string of the molecule is C=C/C=C(/C)C(=C)/C(C=C)=C/C=C\C. The van der Waals surface area contributed by atoms with Crippen LogP contribution in [-0.4, -0.2) is 0 Å². The Kier molecular flexibility index (Phi) is 6.13. The molecule has 14 heavy (non-hydrogen) atoms. The summed E-state index contributed by atoms with van der Waals surface area (Å²) in [5, 5.41) is 0. The van der Waals surface area contributed by atoms with E-state index in [1.54, 1.807) is 6.08 Å². The van der Waals surface area contributed by atoms with E-state index in [9.17, 15) is 0 Å². The molecule has 0 spiro atoms. The van der Waals surface area contributed by atoms with Gasteiger partial charge >= 0.3 is 0 Å². The first kappa shape index (κ1) is 12.4. The van der Waals surface area contributed by atoms with Crippen molar-refractivity contribution in [1.29, 1.82) is 0 Å². The van der Waals surface area contributed by atoms with Gasteiger partial charge in [0, 0.05) is 0 Å². The molecule has 0 atom stereocenters. The van der Waals surface area contributed by atoms with Crippen LogP contribution in [0, 0.1) is 0 Å². The third kappa shape index (κ3) is 3.90. The van der Waals surface area contributed by atoms with Crippen molar-refractivity contribution in [2.45, 2.75) is 13.8 Å². The van der Waals surface area contributed by atoms with E-state index in [1.165, 1.54) is 0 Å². The number of rotatable bonds is 5. The van der Waals surface area contributed by atoms with Crippen molar-refractivity contribution in [2.75, 3.05) is 0 Å². The fourth-order valence-electron chi connectivity index (χ4n) is 0.997. The lowest BCUT2D eigenvalue weighted by Crippen LogP contribution is -1.86. The van der Waals surface area contributed by atoms with Crippen LogP contribution in [0.5, 0.6) is 0 Å². The molecule has 0 saturated heterocycles. The van der Waals surface area contributed by atoms with E-state index in [2.05, 4.69) is 19.7 Å². The maximum absolute atomic E-state index is 4.01. The molecule has 0 aromatic heterocycles. The molecule has 0 heteroatoms. The minimum Gasteiger partial charge on any atom is -0.0991 e. The van der Waals surface area contributed by atoms with Crippen LogP contribution >= 0.6 is 0 Å². The van der Waals surface area contributed by atoms with Crippen molar-refractivity contribution >= 4 is 0 Å². The Morgan fingerprint density at radius 3 is 2.21 bits per heavy atom. The van der Waals surface area contributed by atoms with E-state index in [-0.39, 0.29) is 0 Å². The summed E-state index contributed by atoms with van der Waals surface area (Å²) < 4.78 is 0. The Bertz CT molecular complexity index is 309. The summed E-state index contributed by atoms with van der Waals surface area (Å²) >= 11 is 0. The molecule has 0 aromatic carbocycles. The summed E-state index contributed by atoms with van der Waals surface area (Å²) in [6.45, 7) is 15.4. The molecule has 0 N–H and O–H groups in total. The smallest absolute Gasteiger partial charge is 0.0193 e. The molecule has 0 aliphatic carbocycles. The molecule has 0 unspecified atom stereocenters. The Morgan fingerprint density at radius 1 is 1.14 bits per heavy atom. The van der Waals surface area contributed by atoms with Gasteiger partial charge in [-0.1, -0.05) is 56.2 Å². The average Bonchev–Trinajstić information content (AvgIpc) is 2.19. The molecule has 0 rings (SSSR count). The van der Waals surface area contributed by atoms with Gasteiger partial charge in [0.05, 0.1) is 0 Å². The Hall–Kier alpha value is -1.56. The molecule has 0 aromatic rings. The van der Waals surface area contributed by atoms with E-state index >= 15 is 0 Å². The molecule has 0 amide bonds. The lowest BCUT2D eigenvalue weighted by atomic mass is 10.00. The molecular formula is C14H18. The van der Waals surface area contributed by atoms with E-state index in [0.717, 1.165) is 16.7 Å². The monoisotopic (exact) mass is 186 g/mol. The first-order valence-corrected chi connectivity index (χ1v) is 4.61. The molecule has 0 heterocycles. The Labute approximate surface area is 87.3 Å². The summed E-state index contributed by atoms with van der Waals surface area (Å²) in [5.41, 5.74) is 3.13. The molecular weight excluding hydrogens is 168 g/mol. The Morgan fingerprint density at radius 2 is 1.79 bits per heavy atom. The van der Waals surface area contributed by atoms with Gasteiger partial charge in [0.15, 0.2) is 0 Å². The largest absolute Gasteiger partial charge is 0.0991 e. The van der Waals surface area contributed by atoms with Crippen LogP contribution in [0.25, 0.3) is 0 Å². The predicted molar refractivity (Wildman–Crippen MR) is 66.2 cm³/mol. The van der Waals surface area contributed by atoms with Gasteiger partial charge in [-0.15, -0.1) is 0 Å².